The second kappa shape index (κ2) is 3.01. The maximum absolute atomic E-state index is 5.52. The topological polar surface area (TPSA) is 63.8 Å². The number of hydrazine groups is 1. The molecule has 0 fully saturated rings. The van der Waals surface area contributed by atoms with E-state index in [0.717, 1.165) is 0 Å². The summed E-state index contributed by atoms with van der Waals surface area (Å²) in [4.78, 5) is 7.40. The van der Waals surface area contributed by atoms with Gasteiger partial charge in [-0.2, -0.15) is 0 Å². The fraction of sp³-hybridized carbons (Fsp3) is 0. The number of halogens is 2. The molecule has 10 heavy (non-hydrogen) atoms. The first-order valence-corrected chi connectivity index (χ1v) is 3.14. The number of aromatic nitrogens is 2. The van der Waals surface area contributed by atoms with E-state index in [9.17, 15) is 0 Å². The van der Waals surface area contributed by atoms with Gasteiger partial charge in [-0.1, -0.05) is 23.2 Å². The fourth-order valence-corrected chi connectivity index (χ4v) is 0.724. The number of nitrogens with zero attached hydrogens (tertiary/aromatic N) is 2. The Hall–Kier alpha value is -0.580. The first kappa shape index (κ1) is 7.53. The van der Waals surface area contributed by atoms with Gasteiger partial charge in [-0.25, -0.2) is 15.8 Å². The SMILES string of the molecule is NNc1nc(Cl)cnc1Cl. The van der Waals surface area contributed by atoms with Gasteiger partial charge in [0.15, 0.2) is 11.0 Å². The van der Waals surface area contributed by atoms with E-state index in [1.54, 1.807) is 0 Å². The van der Waals surface area contributed by atoms with Gasteiger partial charge in [0.1, 0.15) is 5.15 Å². The third kappa shape index (κ3) is 1.47. The van der Waals surface area contributed by atoms with Gasteiger partial charge < -0.3 is 5.43 Å². The minimum Gasteiger partial charge on any atom is -0.306 e. The lowest BCUT2D eigenvalue weighted by atomic mass is 10.7. The highest BCUT2D eigenvalue weighted by molar-refractivity contribution is 6.32. The van der Waals surface area contributed by atoms with Crippen LogP contribution in [0.3, 0.4) is 0 Å². The quantitative estimate of drug-likeness (QED) is 0.499. The summed E-state index contributed by atoms with van der Waals surface area (Å²) < 4.78 is 0. The highest BCUT2D eigenvalue weighted by Gasteiger charge is 2.00. The van der Waals surface area contributed by atoms with Gasteiger partial charge in [0.25, 0.3) is 0 Å². The molecule has 1 aromatic rings. The Morgan fingerprint density at radius 1 is 1.50 bits per heavy atom. The molecule has 4 nitrogen and oxygen atoms in total. The Kier molecular flexibility index (Phi) is 2.26. The minimum atomic E-state index is 0.201. The summed E-state index contributed by atoms with van der Waals surface area (Å²) in [5.74, 6) is 5.30. The van der Waals surface area contributed by atoms with Crippen LogP contribution < -0.4 is 11.3 Å². The molecule has 0 amide bonds. The van der Waals surface area contributed by atoms with Crippen LogP contribution in [-0.2, 0) is 0 Å². The molecule has 0 aliphatic carbocycles. The van der Waals surface area contributed by atoms with Crippen molar-refractivity contribution >= 4 is 29.0 Å². The van der Waals surface area contributed by atoms with Crippen molar-refractivity contribution in [2.45, 2.75) is 0 Å². The van der Waals surface area contributed by atoms with Gasteiger partial charge in [-0.15, -0.1) is 0 Å². The molecule has 54 valence electrons. The lowest BCUT2D eigenvalue weighted by Crippen LogP contribution is -2.09. The van der Waals surface area contributed by atoms with Crippen molar-refractivity contribution in [3.8, 4) is 0 Å². The number of nitrogens with two attached hydrogens (primary N) is 1. The zero-order valence-corrected chi connectivity index (χ0v) is 6.32. The van der Waals surface area contributed by atoms with Crippen LogP contribution in [0.25, 0.3) is 0 Å². The fourth-order valence-electron chi connectivity index (χ4n) is 0.445. The number of hydrogen-bond acceptors (Lipinski definition) is 4. The molecule has 3 N–H and O–H groups in total. The number of nitrogen functional groups attached to an aromatic ring is 1. The van der Waals surface area contributed by atoms with Crippen molar-refractivity contribution in [1.82, 2.24) is 9.97 Å². The van der Waals surface area contributed by atoms with Gasteiger partial charge in [-0.3, -0.25) is 0 Å². The van der Waals surface area contributed by atoms with Gasteiger partial charge in [0.05, 0.1) is 6.20 Å². The van der Waals surface area contributed by atoms with Crippen LogP contribution in [0.1, 0.15) is 0 Å². The molecule has 1 aromatic heterocycles. The number of hydrogen-bond donors (Lipinski definition) is 2. The standard InChI is InChI=1S/C4H4Cl2N4/c5-2-1-8-3(6)4(9-2)10-7/h1H,7H2,(H,9,10). The molecule has 0 atom stereocenters. The Morgan fingerprint density at radius 2 is 2.20 bits per heavy atom. The van der Waals surface area contributed by atoms with Gasteiger partial charge >= 0.3 is 0 Å². The normalized spacial score (nSPS) is 9.50. The molecule has 0 saturated heterocycles. The van der Waals surface area contributed by atoms with E-state index in [1.807, 2.05) is 0 Å². The number of anilines is 1. The highest BCUT2D eigenvalue weighted by Crippen LogP contribution is 2.16. The number of nitrogens with one attached hydrogen (secondary N) is 1. The Labute approximate surface area is 67.3 Å². The third-order valence-corrected chi connectivity index (χ3v) is 1.29. The molecule has 1 heterocycles. The lowest BCUT2D eigenvalue weighted by Gasteiger charge is -1.99. The predicted octanol–water partition coefficient (Wildman–Crippen LogP) is 1.07. The second-order valence-corrected chi connectivity index (χ2v) is 2.22. The van der Waals surface area contributed by atoms with E-state index < -0.39 is 0 Å². The van der Waals surface area contributed by atoms with E-state index >= 15 is 0 Å². The van der Waals surface area contributed by atoms with E-state index in [4.69, 9.17) is 29.0 Å². The van der Waals surface area contributed by atoms with Crippen molar-refractivity contribution in [3.05, 3.63) is 16.5 Å². The molecule has 0 aliphatic rings. The van der Waals surface area contributed by atoms with E-state index in [-0.39, 0.29) is 16.1 Å². The average Bonchev–Trinajstić information content (AvgIpc) is 1.94. The van der Waals surface area contributed by atoms with Crippen LogP contribution in [0.15, 0.2) is 6.20 Å². The Bertz CT molecular complexity index is 239. The molecule has 0 saturated carbocycles. The third-order valence-electron chi connectivity index (χ3n) is 0.835. The average molecular weight is 179 g/mol. The van der Waals surface area contributed by atoms with E-state index in [0.29, 0.717) is 0 Å². The molecule has 0 aromatic carbocycles. The molecular weight excluding hydrogens is 175 g/mol. The van der Waals surface area contributed by atoms with Crippen molar-refractivity contribution in [2.75, 3.05) is 5.43 Å². The first-order chi connectivity index (χ1) is 4.74. The Morgan fingerprint density at radius 3 is 2.70 bits per heavy atom. The summed E-state index contributed by atoms with van der Waals surface area (Å²) in [7, 11) is 0. The minimum absolute atomic E-state index is 0.201. The van der Waals surface area contributed by atoms with Gasteiger partial charge in [0.2, 0.25) is 0 Å². The molecule has 0 radical (unpaired) electrons. The van der Waals surface area contributed by atoms with Gasteiger partial charge in [-0.05, 0) is 0 Å². The molecule has 0 aliphatic heterocycles. The Balaban J connectivity index is 3.09. The summed E-state index contributed by atoms with van der Waals surface area (Å²) in [5, 5.41) is 0.448. The summed E-state index contributed by atoms with van der Waals surface area (Å²) in [6.45, 7) is 0. The molecule has 6 heteroatoms. The molecule has 0 bridgehead atoms. The van der Waals surface area contributed by atoms with Crippen LogP contribution in [0.2, 0.25) is 10.3 Å². The van der Waals surface area contributed by atoms with Crippen molar-refractivity contribution in [1.29, 1.82) is 0 Å². The van der Waals surface area contributed by atoms with Crippen LogP contribution >= 0.6 is 23.2 Å². The number of rotatable bonds is 1. The molecule has 0 spiro atoms. The molecular formula is C4H4Cl2N4. The second-order valence-electron chi connectivity index (χ2n) is 1.48. The smallest absolute Gasteiger partial charge is 0.179 e. The summed E-state index contributed by atoms with van der Waals surface area (Å²) >= 11 is 11.0. The van der Waals surface area contributed by atoms with Crippen LogP contribution in [-0.4, -0.2) is 9.97 Å². The zero-order valence-electron chi connectivity index (χ0n) is 4.81. The maximum Gasteiger partial charge on any atom is 0.179 e. The van der Waals surface area contributed by atoms with E-state index in [2.05, 4.69) is 15.4 Å². The lowest BCUT2D eigenvalue weighted by molar-refractivity contribution is 1.16. The maximum atomic E-state index is 5.52. The summed E-state index contributed by atoms with van der Waals surface area (Å²) in [6, 6.07) is 0. The van der Waals surface area contributed by atoms with Crippen molar-refractivity contribution in [2.24, 2.45) is 5.84 Å². The van der Waals surface area contributed by atoms with Crippen molar-refractivity contribution in [3.63, 3.8) is 0 Å². The first-order valence-electron chi connectivity index (χ1n) is 2.38. The van der Waals surface area contributed by atoms with Crippen LogP contribution in [0.4, 0.5) is 5.82 Å². The van der Waals surface area contributed by atoms with Gasteiger partial charge in [0, 0.05) is 0 Å². The van der Waals surface area contributed by atoms with Crippen molar-refractivity contribution < 1.29 is 0 Å². The monoisotopic (exact) mass is 178 g/mol. The molecule has 1 rings (SSSR count). The highest BCUT2D eigenvalue weighted by atomic mass is 35.5. The summed E-state index contributed by atoms with van der Waals surface area (Å²) in [5.41, 5.74) is 2.25. The largest absolute Gasteiger partial charge is 0.306 e. The van der Waals surface area contributed by atoms with Crippen LogP contribution in [0.5, 0.6) is 0 Å². The zero-order chi connectivity index (χ0) is 7.56. The summed E-state index contributed by atoms with van der Waals surface area (Å²) in [6.07, 6.45) is 1.34. The predicted molar refractivity (Wildman–Crippen MR) is 39.9 cm³/mol. The van der Waals surface area contributed by atoms with E-state index in [1.165, 1.54) is 6.20 Å². The van der Waals surface area contributed by atoms with Crippen LogP contribution in [0, 0.1) is 0 Å². The molecule has 0 unspecified atom stereocenters.